The molecule has 0 saturated carbocycles. The molecule has 0 unspecified atom stereocenters. The van der Waals surface area contributed by atoms with Crippen LogP contribution in [0.15, 0.2) is 12.5 Å². The highest BCUT2D eigenvalue weighted by Crippen LogP contribution is 2.27. The Balaban J connectivity index is 1.87. The molecule has 0 spiro atoms. The number of hydrogen-bond acceptors (Lipinski definition) is 4. The highest BCUT2D eigenvalue weighted by atomic mass is 15.2. The minimum Gasteiger partial charge on any atom is -0.356 e. The SMILES string of the molecule is CCC1CCN(c2ncnc3[nH]ncc23)CC1. The molecule has 17 heavy (non-hydrogen) atoms. The lowest BCUT2D eigenvalue weighted by atomic mass is 9.94. The summed E-state index contributed by atoms with van der Waals surface area (Å²) in [5.41, 5.74) is 0.826. The van der Waals surface area contributed by atoms with Gasteiger partial charge in [-0.15, -0.1) is 0 Å². The van der Waals surface area contributed by atoms with E-state index in [0.717, 1.165) is 35.9 Å². The molecule has 2 aromatic heterocycles. The Kier molecular flexibility index (Phi) is 2.66. The van der Waals surface area contributed by atoms with Gasteiger partial charge < -0.3 is 4.90 Å². The van der Waals surface area contributed by atoms with Gasteiger partial charge in [-0.25, -0.2) is 9.97 Å². The first-order valence-electron chi connectivity index (χ1n) is 6.27. The van der Waals surface area contributed by atoms with Crippen molar-refractivity contribution in [2.24, 2.45) is 5.92 Å². The molecular weight excluding hydrogens is 214 g/mol. The Hall–Kier alpha value is -1.65. The van der Waals surface area contributed by atoms with Gasteiger partial charge in [-0.1, -0.05) is 13.3 Å². The van der Waals surface area contributed by atoms with Crippen LogP contribution in [0.25, 0.3) is 11.0 Å². The molecule has 1 aliphatic rings. The number of aromatic amines is 1. The molecule has 1 aliphatic heterocycles. The first-order valence-corrected chi connectivity index (χ1v) is 6.27. The summed E-state index contributed by atoms with van der Waals surface area (Å²) >= 11 is 0. The van der Waals surface area contributed by atoms with E-state index in [-0.39, 0.29) is 0 Å². The van der Waals surface area contributed by atoms with Crippen LogP contribution in [0.4, 0.5) is 5.82 Å². The number of fused-ring (bicyclic) bond motifs is 1. The monoisotopic (exact) mass is 231 g/mol. The molecule has 5 heteroatoms. The van der Waals surface area contributed by atoms with Crippen molar-refractivity contribution in [1.82, 2.24) is 20.2 Å². The van der Waals surface area contributed by atoms with Crippen LogP contribution in [0, 0.1) is 5.92 Å². The van der Waals surface area contributed by atoms with Crippen LogP contribution in [0.2, 0.25) is 0 Å². The van der Waals surface area contributed by atoms with Gasteiger partial charge in [-0.2, -0.15) is 5.10 Å². The summed E-state index contributed by atoms with van der Waals surface area (Å²) in [5.74, 6) is 1.91. The summed E-state index contributed by atoms with van der Waals surface area (Å²) in [6, 6.07) is 0. The van der Waals surface area contributed by atoms with Gasteiger partial charge in [0.2, 0.25) is 0 Å². The van der Waals surface area contributed by atoms with E-state index in [1.54, 1.807) is 6.33 Å². The highest BCUT2D eigenvalue weighted by molar-refractivity contribution is 5.86. The summed E-state index contributed by atoms with van der Waals surface area (Å²) in [7, 11) is 0. The topological polar surface area (TPSA) is 57.7 Å². The zero-order chi connectivity index (χ0) is 11.7. The van der Waals surface area contributed by atoms with E-state index in [2.05, 4.69) is 32.0 Å². The average molecular weight is 231 g/mol. The number of nitrogens with one attached hydrogen (secondary N) is 1. The number of aromatic nitrogens is 4. The second-order valence-electron chi connectivity index (χ2n) is 4.67. The third-order valence-electron chi connectivity index (χ3n) is 3.72. The number of nitrogens with zero attached hydrogens (tertiary/aromatic N) is 4. The maximum absolute atomic E-state index is 4.41. The fraction of sp³-hybridized carbons (Fsp3) is 0.583. The van der Waals surface area contributed by atoms with Crippen molar-refractivity contribution in [1.29, 1.82) is 0 Å². The molecule has 5 nitrogen and oxygen atoms in total. The van der Waals surface area contributed by atoms with Crippen LogP contribution in [-0.2, 0) is 0 Å². The van der Waals surface area contributed by atoms with Gasteiger partial charge in [-0.3, -0.25) is 5.10 Å². The number of piperidine rings is 1. The number of anilines is 1. The molecule has 0 bridgehead atoms. The predicted molar refractivity (Wildman–Crippen MR) is 66.9 cm³/mol. The number of rotatable bonds is 2. The van der Waals surface area contributed by atoms with Gasteiger partial charge in [0, 0.05) is 13.1 Å². The predicted octanol–water partition coefficient (Wildman–Crippen LogP) is 1.98. The Labute approximate surface area is 100 Å². The van der Waals surface area contributed by atoms with Crippen LogP contribution >= 0.6 is 0 Å². The minimum atomic E-state index is 0.826. The Morgan fingerprint density at radius 1 is 1.35 bits per heavy atom. The van der Waals surface area contributed by atoms with E-state index in [4.69, 9.17) is 0 Å². The van der Waals surface area contributed by atoms with Gasteiger partial charge in [0.25, 0.3) is 0 Å². The third kappa shape index (κ3) is 1.85. The van der Waals surface area contributed by atoms with Crippen LogP contribution in [0.1, 0.15) is 26.2 Å². The average Bonchev–Trinajstić information content (AvgIpc) is 2.87. The molecule has 0 amide bonds. The van der Waals surface area contributed by atoms with Crippen molar-refractivity contribution in [2.45, 2.75) is 26.2 Å². The van der Waals surface area contributed by atoms with Crippen LogP contribution < -0.4 is 4.90 Å². The van der Waals surface area contributed by atoms with E-state index in [1.165, 1.54) is 19.3 Å². The Bertz CT molecular complexity index is 498. The van der Waals surface area contributed by atoms with Crippen molar-refractivity contribution in [2.75, 3.05) is 18.0 Å². The molecule has 3 rings (SSSR count). The van der Waals surface area contributed by atoms with E-state index < -0.39 is 0 Å². The van der Waals surface area contributed by atoms with Gasteiger partial charge >= 0.3 is 0 Å². The molecule has 90 valence electrons. The Morgan fingerprint density at radius 2 is 2.18 bits per heavy atom. The van der Waals surface area contributed by atoms with Crippen molar-refractivity contribution in [3.63, 3.8) is 0 Å². The summed E-state index contributed by atoms with van der Waals surface area (Å²) < 4.78 is 0. The first kappa shape index (κ1) is 10.5. The molecule has 0 radical (unpaired) electrons. The third-order valence-corrected chi connectivity index (χ3v) is 3.72. The van der Waals surface area contributed by atoms with Crippen molar-refractivity contribution in [3.8, 4) is 0 Å². The highest BCUT2D eigenvalue weighted by Gasteiger charge is 2.20. The Morgan fingerprint density at radius 3 is 2.94 bits per heavy atom. The first-order chi connectivity index (χ1) is 8.38. The van der Waals surface area contributed by atoms with E-state index in [1.807, 2.05) is 6.20 Å². The molecular formula is C12H17N5. The smallest absolute Gasteiger partial charge is 0.160 e. The molecule has 2 aromatic rings. The van der Waals surface area contributed by atoms with Crippen molar-refractivity contribution >= 4 is 16.9 Å². The maximum atomic E-state index is 4.41. The minimum absolute atomic E-state index is 0.826. The zero-order valence-electron chi connectivity index (χ0n) is 10.1. The van der Waals surface area contributed by atoms with Gasteiger partial charge in [-0.05, 0) is 18.8 Å². The zero-order valence-corrected chi connectivity index (χ0v) is 10.1. The summed E-state index contributed by atoms with van der Waals surface area (Å²) in [4.78, 5) is 10.9. The standard InChI is InChI=1S/C12H17N5/c1-2-9-3-5-17(6-4-9)12-10-7-15-16-11(10)13-8-14-12/h7-9H,2-6H2,1H3,(H,13,14,15,16). The number of hydrogen-bond donors (Lipinski definition) is 1. The van der Waals surface area contributed by atoms with Crippen LogP contribution in [0.3, 0.4) is 0 Å². The fourth-order valence-corrected chi connectivity index (χ4v) is 2.56. The largest absolute Gasteiger partial charge is 0.356 e. The molecule has 1 saturated heterocycles. The second-order valence-corrected chi connectivity index (χ2v) is 4.67. The lowest BCUT2D eigenvalue weighted by molar-refractivity contribution is 0.394. The lowest BCUT2D eigenvalue weighted by Gasteiger charge is -2.32. The second kappa shape index (κ2) is 4.31. The molecule has 0 atom stereocenters. The molecule has 0 aliphatic carbocycles. The van der Waals surface area contributed by atoms with Gasteiger partial charge in [0.15, 0.2) is 5.65 Å². The lowest BCUT2D eigenvalue weighted by Crippen LogP contribution is -2.34. The van der Waals surface area contributed by atoms with E-state index in [9.17, 15) is 0 Å². The van der Waals surface area contributed by atoms with Crippen molar-refractivity contribution < 1.29 is 0 Å². The van der Waals surface area contributed by atoms with Gasteiger partial charge in [0.05, 0.1) is 11.6 Å². The molecule has 3 heterocycles. The quantitative estimate of drug-likeness (QED) is 0.858. The molecule has 1 N–H and O–H groups in total. The molecule has 1 fully saturated rings. The summed E-state index contributed by atoms with van der Waals surface area (Å²) in [6.45, 7) is 4.46. The van der Waals surface area contributed by atoms with E-state index in [0.29, 0.717) is 0 Å². The van der Waals surface area contributed by atoms with Crippen LogP contribution in [-0.4, -0.2) is 33.3 Å². The summed E-state index contributed by atoms with van der Waals surface area (Å²) in [5, 5.41) is 7.95. The molecule has 0 aromatic carbocycles. The fourth-order valence-electron chi connectivity index (χ4n) is 2.56. The van der Waals surface area contributed by atoms with E-state index >= 15 is 0 Å². The maximum Gasteiger partial charge on any atom is 0.160 e. The van der Waals surface area contributed by atoms with Crippen molar-refractivity contribution in [3.05, 3.63) is 12.5 Å². The number of H-pyrrole nitrogens is 1. The summed E-state index contributed by atoms with van der Waals surface area (Å²) in [6.07, 6.45) is 7.25. The normalized spacial score (nSPS) is 17.8. The van der Waals surface area contributed by atoms with Crippen LogP contribution in [0.5, 0.6) is 0 Å². The van der Waals surface area contributed by atoms with Gasteiger partial charge in [0.1, 0.15) is 12.1 Å².